The number of rotatable bonds is 2. The molecule has 0 saturated heterocycles. The number of aromatic amines is 1. The predicted octanol–water partition coefficient (Wildman–Crippen LogP) is -7.71. The number of fused-ring (bicyclic) bond motifs is 1. The first kappa shape index (κ1) is 21.3. The molecule has 3 nitrogen and oxygen atoms in total. The van der Waals surface area contributed by atoms with Gasteiger partial charge in [0, 0.05) is 0 Å². The Morgan fingerprint density at radius 2 is 1.81 bits per heavy atom. The molecule has 1 aromatic heterocycles. The Labute approximate surface area is 124 Å². The van der Waals surface area contributed by atoms with Crippen LogP contribution in [0.25, 0.3) is 11.0 Å². The summed E-state index contributed by atoms with van der Waals surface area (Å²) < 4.78 is 0. The van der Waals surface area contributed by atoms with Crippen molar-refractivity contribution in [3.05, 3.63) is 30.1 Å². The molecule has 2 rings (SSSR count). The van der Waals surface area contributed by atoms with Crippen molar-refractivity contribution in [1.29, 1.82) is 0 Å². The summed E-state index contributed by atoms with van der Waals surface area (Å²) in [6.07, 6.45) is 0. The topological polar surface area (TPSA) is 40.7 Å². The van der Waals surface area contributed by atoms with Crippen molar-refractivity contribution < 1.29 is 54.6 Å². The van der Waals surface area contributed by atoms with Crippen LogP contribution >= 0.6 is 0 Å². The van der Waals surface area contributed by atoms with Crippen molar-refractivity contribution in [2.24, 2.45) is 0 Å². The number of aromatic nitrogens is 2. The van der Waals surface area contributed by atoms with Crippen LogP contribution in [0.4, 0.5) is 0 Å². The Bertz CT molecular complexity index is 361. The molecule has 0 fully saturated rings. The van der Waals surface area contributed by atoms with Crippen molar-refractivity contribution >= 4 is 11.0 Å². The molecule has 1 aromatic carbocycles. The van der Waals surface area contributed by atoms with E-state index in [0.29, 0.717) is 0 Å². The van der Waals surface area contributed by atoms with Crippen LogP contribution in [0, 0.1) is 0 Å². The van der Waals surface area contributed by atoms with Gasteiger partial charge in [0.15, 0.2) is 0 Å². The Balaban J connectivity index is -0.000000422. The van der Waals surface area contributed by atoms with E-state index in [1.54, 1.807) is 0 Å². The number of nitrogens with zero attached hydrogens (tertiary/aromatic N) is 1. The third kappa shape index (κ3) is 4.92. The van der Waals surface area contributed by atoms with Gasteiger partial charge in [0.2, 0.25) is 0 Å². The molecule has 0 amide bonds. The summed E-state index contributed by atoms with van der Waals surface area (Å²) in [6.45, 7) is 0.786. The van der Waals surface area contributed by atoms with Crippen LogP contribution in [0.15, 0.2) is 24.3 Å². The first-order chi connectivity index (χ1) is 5.90. The first-order valence-electron chi connectivity index (χ1n) is 3.98. The van der Waals surface area contributed by atoms with Crippen LogP contribution in [0.1, 0.15) is 5.82 Å². The summed E-state index contributed by atoms with van der Waals surface area (Å²) in [5.74, 6) is 0.985. The van der Waals surface area contributed by atoms with Gasteiger partial charge in [-0.2, -0.15) is 0 Å². The molecule has 0 saturated carbocycles. The van der Waals surface area contributed by atoms with Gasteiger partial charge in [-0.25, -0.2) is 4.98 Å². The fraction of sp³-hybridized carbons (Fsp3) is 0.222. The number of para-hydroxylation sites is 2. The van der Waals surface area contributed by atoms with Gasteiger partial charge in [0.25, 0.3) is 0 Å². The molecule has 2 N–H and O–H groups in total. The molecule has 0 aliphatic rings. The molecule has 0 bridgehead atoms. The molecule has 0 atom stereocenters. The molecule has 2 aromatic rings. The molecule has 1 radical (unpaired) electrons. The van der Waals surface area contributed by atoms with Crippen LogP contribution in [0.3, 0.4) is 0 Å². The minimum Gasteiger partial charge on any atom is -1.00 e. The number of imidazole rings is 1. The summed E-state index contributed by atoms with van der Waals surface area (Å²) in [5, 5.41) is 3.05. The molecule has 89 valence electrons. The number of H-pyrrole nitrogens is 1. The Hall–Kier alpha value is 0.0525. The fourth-order valence-electron chi connectivity index (χ4n) is 1.26. The summed E-state index contributed by atoms with van der Waals surface area (Å²) in [7, 11) is 1.91. The van der Waals surface area contributed by atoms with E-state index in [1.165, 1.54) is 0 Å². The van der Waals surface area contributed by atoms with E-state index in [1.807, 2.05) is 31.3 Å². The van der Waals surface area contributed by atoms with Gasteiger partial charge in [0.1, 0.15) is 5.82 Å². The Kier molecular flexibility index (Phi) is 13.6. The number of benzene rings is 1. The maximum absolute atomic E-state index is 4.38. The van der Waals surface area contributed by atoms with Crippen LogP contribution in [-0.2, 0) is 23.9 Å². The van der Waals surface area contributed by atoms with Crippen LogP contribution in [0.2, 0.25) is 0 Å². The van der Waals surface area contributed by atoms with E-state index in [2.05, 4.69) is 15.3 Å². The maximum Gasteiger partial charge on any atom is 3.00 e. The van der Waals surface area contributed by atoms with Crippen LogP contribution in [-0.4, -0.2) is 17.0 Å². The van der Waals surface area contributed by atoms with E-state index in [4.69, 9.17) is 0 Å². The van der Waals surface area contributed by atoms with Gasteiger partial charge in [-0.05, 0) is 19.2 Å². The largest absolute Gasteiger partial charge is 3.00 e. The molecule has 7 heteroatoms. The van der Waals surface area contributed by atoms with E-state index in [0.717, 1.165) is 23.4 Å². The predicted molar refractivity (Wildman–Crippen MR) is 48.9 cm³/mol. The zero-order chi connectivity index (χ0) is 8.39. The number of hydrogen-bond acceptors (Lipinski definition) is 2. The second kappa shape index (κ2) is 10.2. The van der Waals surface area contributed by atoms with Crippen molar-refractivity contribution in [3.63, 3.8) is 0 Å². The van der Waals surface area contributed by atoms with Gasteiger partial charge in [-0.15, -0.1) is 0 Å². The van der Waals surface area contributed by atoms with Gasteiger partial charge < -0.3 is 47.5 Å². The number of hydrogen-bond donors (Lipinski definition) is 2. The third-order valence-corrected chi connectivity index (χ3v) is 1.78. The molecule has 0 aliphatic carbocycles. The minimum absolute atomic E-state index is 0. The van der Waals surface area contributed by atoms with Crippen molar-refractivity contribution in [3.8, 4) is 0 Å². The van der Waals surface area contributed by atoms with Gasteiger partial charge in [-0.3, -0.25) is 0 Å². The molecule has 16 heavy (non-hydrogen) atoms. The fourth-order valence-corrected chi connectivity index (χ4v) is 1.26. The van der Waals surface area contributed by atoms with Crippen molar-refractivity contribution in [2.75, 3.05) is 7.05 Å². The average molecular weight is 320 g/mol. The summed E-state index contributed by atoms with van der Waals surface area (Å²) in [6, 6.07) is 8.03. The zero-order valence-corrected chi connectivity index (χ0v) is 12.0. The number of nitrogens with one attached hydrogen (secondary N) is 2. The van der Waals surface area contributed by atoms with E-state index in [-0.39, 0.29) is 54.6 Å². The molecule has 0 aliphatic heterocycles. The van der Waals surface area contributed by atoms with Gasteiger partial charge in [0.05, 0.1) is 17.6 Å². The van der Waals surface area contributed by atoms with Crippen LogP contribution in [0.5, 0.6) is 0 Å². The van der Waals surface area contributed by atoms with E-state index in [9.17, 15) is 0 Å². The zero-order valence-electron chi connectivity index (χ0n) is 8.51. The Morgan fingerprint density at radius 3 is 2.38 bits per heavy atom. The maximum atomic E-state index is 4.38. The quantitative estimate of drug-likeness (QED) is 0.577. The summed E-state index contributed by atoms with van der Waals surface area (Å²) in [4.78, 5) is 7.61. The first-order valence-corrected chi connectivity index (χ1v) is 3.98. The van der Waals surface area contributed by atoms with E-state index >= 15 is 0 Å². The molecular formula is C9H11Cl3CrN3. The summed E-state index contributed by atoms with van der Waals surface area (Å²) in [5.41, 5.74) is 2.13. The SMILES string of the molecule is CNCc1nc2ccccc2[nH]1.[Cl-].[Cl-].[Cl-].[Cr+3]. The van der Waals surface area contributed by atoms with Crippen LogP contribution < -0.4 is 42.5 Å². The normalized spacial score (nSPS) is 8.06. The van der Waals surface area contributed by atoms with Crippen molar-refractivity contribution in [1.82, 2.24) is 15.3 Å². The monoisotopic (exact) mass is 318 g/mol. The molecule has 0 unspecified atom stereocenters. The average Bonchev–Trinajstić information content (AvgIpc) is 2.47. The second-order valence-electron chi connectivity index (χ2n) is 2.73. The van der Waals surface area contributed by atoms with E-state index < -0.39 is 0 Å². The van der Waals surface area contributed by atoms with Crippen molar-refractivity contribution in [2.45, 2.75) is 6.54 Å². The van der Waals surface area contributed by atoms with Gasteiger partial charge >= 0.3 is 17.4 Å². The minimum atomic E-state index is 0. The Morgan fingerprint density at radius 1 is 1.19 bits per heavy atom. The second-order valence-corrected chi connectivity index (χ2v) is 2.73. The third-order valence-electron chi connectivity index (χ3n) is 1.78. The molecule has 1 heterocycles. The standard InChI is InChI=1S/C9H11N3.3ClH.Cr/c1-10-6-9-11-7-4-2-3-5-8(7)12-9;;;;/h2-5,10H,6H2,1H3,(H,11,12);3*1H;/q;;;;+3/p-3. The molecular weight excluding hydrogens is 308 g/mol. The van der Waals surface area contributed by atoms with Gasteiger partial charge in [-0.1, -0.05) is 12.1 Å². The molecule has 0 spiro atoms. The smallest absolute Gasteiger partial charge is 1.00 e. The number of halogens is 3. The summed E-state index contributed by atoms with van der Waals surface area (Å²) >= 11 is 0.